The van der Waals surface area contributed by atoms with E-state index in [1.807, 2.05) is 0 Å². The first-order chi connectivity index (χ1) is 20.9. The molecule has 20 nitrogen and oxygen atoms in total. The van der Waals surface area contributed by atoms with E-state index in [2.05, 4.69) is 47.5 Å². The molecule has 2 unspecified atom stereocenters. The van der Waals surface area contributed by atoms with Crippen molar-refractivity contribution in [3.63, 3.8) is 0 Å². The van der Waals surface area contributed by atoms with Gasteiger partial charge in [-0.25, -0.2) is 19.3 Å². The summed E-state index contributed by atoms with van der Waals surface area (Å²) >= 11 is 8.92. The molecule has 4 aromatic heterocycles. The van der Waals surface area contributed by atoms with Gasteiger partial charge in [0.05, 0.1) is 19.0 Å². The van der Waals surface area contributed by atoms with Crippen molar-refractivity contribution in [1.29, 1.82) is 0 Å². The lowest BCUT2D eigenvalue weighted by molar-refractivity contribution is -0.0565. The number of nitrogens with two attached hydrogens (primary N) is 2. The van der Waals surface area contributed by atoms with Gasteiger partial charge in [0.15, 0.2) is 46.8 Å². The van der Waals surface area contributed by atoms with Crippen LogP contribution >= 0.6 is 26.2 Å². The second kappa shape index (κ2) is 12.2. The molecule has 2 fully saturated rings. The summed E-state index contributed by atoms with van der Waals surface area (Å²) in [6.07, 6.45) is -6.89. The number of hydrogen-bond donors (Lipinski definition) is 6. The van der Waals surface area contributed by atoms with Gasteiger partial charge < -0.3 is 40.0 Å². The number of hydrogen-bond acceptors (Lipinski definition) is 17. The van der Waals surface area contributed by atoms with Gasteiger partial charge >= 0.3 is 13.9 Å². The Morgan fingerprint density at radius 2 is 2.02 bits per heavy atom. The Hall–Kier alpha value is -2.82. The van der Waals surface area contributed by atoms with Gasteiger partial charge in [-0.1, -0.05) is 5.21 Å². The van der Waals surface area contributed by atoms with Gasteiger partial charge in [-0.05, 0) is 16.4 Å². The number of nitrogen functional groups attached to an aromatic ring is 2. The van der Waals surface area contributed by atoms with Crippen molar-refractivity contribution in [2.75, 3.05) is 24.7 Å². The Balaban J connectivity index is 1.17. The number of imidazole rings is 1. The summed E-state index contributed by atoms with van der Waals surface area (Å²) in [6, 6.07) is 0. The number of nitrogens with zero attached hydrogens (tertiary/aromatic N) is 8. The number of fused-ring (bicyclic) bond motifs is 2. The highest BCUT2D eigenvalue weighted by Gasteiger charge is 2.48. The minimum absolute atomic E-state index is 0.0189. The third kappa shape index (κ3) is 6.05. The molecule has 2 aliphatic rings. The molecule has 2 saturated heterocycles. The number of H-pyrrole nitrogens is 1. The van der Waals surface area contributed by atoms with Gasteiger partial charge in [0.2, 0.25) is 5.95 Å². The molecular weight excluding hydrogens is 671 g/mol. The maximum absolute atomic E-state index is 15.1. The summed E-state index contributed by atoms with van der Waals surface area (Å²) in [6.45, 7) is -4.89. The zero-order chi connectivity index (χ0) is 31.3. The molecule has 6 rings (SSSR count). The SMILES string of the molecule is Nc1nc2c(ncn2[C@@H]2O[C@H](CO[P+](=O)S)C[C@H]2OP(O)(=S)OC[C@H]2O[C@@H](n3nnc4c(N)ncnc43)[C@@H](F)[C@@H]2O)c(=O)[nH]1. The Bertz CT molecular complexity index is 1830. The lowest BCUT2D eigenvalue weighted by atomic mass is 10.1. The van der Waals surface area contributed by atoms with E-state index in [1.165, 1.54) is 10.9 Å². The number of aliphatic hydroxyl groups excluding tert-OH is 1. The molecule has 0 aliphatic carbocycles. The van der Waals surface area contributed by atoms with Crippen LogP contribution in [0.25, 0.3) is 22.3 Å². The molecule has 4 aromatic rings. The van der Waals surface area contributed by atoms with Gasteiger partial charge in [0.25, 0.3) is 5.56 Å². The number of nitrogens with one attached hydrogen (secondary N) is 1. The number of thiol groups is 1. The molecule has 0 saturated carbocycles. The van der Waals surface area contributed by atoms with Crippen molar-refractivity contribution >= 4 is 72.1 Å². The number of halogens is 1. The van der Waals surface area contributed by atoms with E-state index in [9.17, 15) is 19.4 Å². The lowest BCUT2D eigenvalue weighted by Crippen LogP contribution is -2.31. The first kappa shape index (κ1) is 31.2. The van der Waals surface area contributed by atoms with Gasteiger partial charge in [-0.2, -0.15) is 9.67 Å². The lowest BCUT2D eigenvalue weighted by Gasteiger charge is -2.25. The standard InChI is InChI=1S/C19H22FN11O9P2S2/c20-9-12(32)8(39-18(9)31-14-10(28-29-31)13(21)23-4-24-14)3-37-42(35,44)40-7-1-6(2-36-41(34)43)38-17(7)30-5-25-11-15(30)26-19(22)27-16(11)33/h4-9,12,17-18,32H,1-3H2,(H6-,21,22,23,24,26,27,29,33,34,35,43,44)/p+1/t6-,7+,8+,9-,12+,17+,18+,42?/m0/s1. The predicted molar refractivity (Wildman–Crippen MR) is 153 cm³/mol. The molecular formula is C19H23FN11O9P2S2+. The maximum Gasteiger partial charge on any atom is 0.582 e. The normalized spacial score (nSPS) is 29.0. The van der Waals surface area contributed by atoms with Crippen molar-refractivity contribution in [1.82, 2.24) is 44.5 Å². The molecule has 0 spiro atoms. The topological polar surface area (TPSA) is 276 Å². The van der Waals surface area contributed by atoms with E-state index in [0.29, 0.717) is 0 Å². The van der Waals surface area contributed by atoms with E-state index >= 15 is 4.39 Å². The summed E-state index contributed by atoms with van der Waals surface area (Å²) in [5, 5.41) is 18.2. The zero-order valence-corrected chi connectivity index (χ0v) is 25.4. The average Bonchev–Trinajstić information content (AvgIpc) is 3.73. The van der Waals surface area contributed by atoms with Crippen molar-refractivity contribution in [2.24, 2.45) is 0 Å². The number of rotatable bonds is 10. The largest absolute Gasteiger partial charge is 0.582 e. The summed E-state index contributed by atoms with van der Waals surface area (Å²) < 4.78 is 56.8. The van der Waals surface area contributed by atoms with Crippen LogP contribution in [0.4, 0.5) is 16.2 Å². The summed E-state index contributed by atoms with van der Waals surface area (Å²) in [5.74, 6) is -0.165. The van der Waals surface area contributed by atoms with Crippen LogP contribution < -0.4 is 17.0 Å². The molecule has 2 aliphatic heterocycles. The summed E-state index contributed by atoms with van der Waals surface area (Å²) in [7, 11) is -2.25. The first-order valence-electron chi connectivity index (χ1n) is 12.5. The van der Waals surface area contributed by atoms with Crippen LogP contribution in [0.1, 0.15) is 18.9 Å². The molecule has 0 radical (unpaired) electrons. The van der Waals surface area contributed by atoms with Crippen molar-refractivity contribution in [2.45, 2.75) is 49.5 Å². The average molecular weight is 695 g/mol. The molecule has 25 heteroatoms. The van der Waals surface area contributed by atoms with E-state index < -0.39 is 69.2 Å². The first-order valence-corrected chi connectivity index (χ1v) is 17.5. The predicted octanol–water partition coefficient (Wildman–Crippen LogP) is -0.375. The van der Waals surface area contributed by atoms with Gasteiger partial charge in [0, 0.05) is 6.42 Å². The van der Waals surface area contributed by atoms with Crippen LogP contribution in [0.5, 0.6) is 0 Å². The van der Waals surface area contributed by atoms with Crippen LogP contribution in [0.15, 0.2) is 17.4 Å². The molecule has 0 amide bonds. The third-order valence-corrected chi connectivity index (χ3v) is 9.04. The summed E-state index contributed by atoms with van der Waals surface area (Å²) in [4.78, 5) is 41.5. The zero-order valence-electron chi connectivity index (χ0n) is 21.9. The smallest absolute Gasteiger partial charge is 0.387 e. The number of aliphatic hydroxyl groups is 1. The fourth-order valence-corrected chi connectivity index (χ4v) is 6.74. The minimum atomic E-state index is -4.14. The van der Waals surface area contributed by atoms with E-state index in [1.54, 1.807) is 0 Å². The molecule has 236 valence electrons. The van der Waals surface area contributed by atoms with Crippen molar-refractivity contribution in [3.8, 4) is 0 Å². The number of aromatic amines is 1. The molecule has 44 heavy (non-hydrogen) atoms. The number of aromatic nitrogens is 9. The molecule has 9 atom stereocenters. The Morgan fingerprint density at radius 1 is 1.23 bits per heavy atom. The van der Waals surface area contributed by atoms with Gasteiger partial charge in [0.1, 0.15) is 43.5 Å². The van der Waals surface area contributed by atoms with Crippen LogP contribution in [-0.4, -0.2) is 98.3 Å². The second-order valence-corrected chi connectivity index (χ2v) is 14.1. The summed E-state index contributed by atoms with van der Waals surface area (Å²) in [5.41, 5.74) is 11.1. The van der Waals surface area contributed by atoms with Crippen LogP contribution in [0.2, 0.25) is 0 Å². The third-order valence-electron chi connectivity index (χ3n) is 6.74. The second-order valence-electron chi connectivity index (χ2n) is 9.57. The van der Waals surface area contributed by atoms with E-state index in [-0.39, 0.29) is 47.1 Å². The van der Waals surface area contributed by atoms with Crippen molar-refractivity contribution in [3.05, 3.63) is 23.0 Å². The number of ether oxygens (including phenoxy) is 2. The fraction of sp³-hybridized carbons (Fsp3) is 0.526. The highest BCUT2D eigenvalue weighted by Crippen LogP contribution is 2.50. The Morgan fingerprint density at radius 3 is 2.80 bits per heavy atom. The Labute approximate surface area is 255 Å². The molecule has 0 bridgehead atoms. The van der Waals surface area contributed by atoms with Crippen LogP contribution in [0, 0.1) is 0 Å². The number of anilines is 2. The highest BCUT2D eigenvalue weighted by atomic mass is 32.7. The van der Waals surface area contributed by atoms with Crippen LogP contribution in [0.3, 0.4) is 0 Å². The van der Waals surface area contributed by atoms with Gasteiger partial charge in [-0.15, -0.1) is 9.62 Å². The number of alkyl halides is 1. The van der Waals surface area contributed by atoms with E-state index in [4.69, 9.17) is 46.3 Å². The fourth-order valence-electron chi connectivity index (χ4n) is 4.80. The highest BCUT2D eigenvalue weighted by molar-refractivity contribution is 8.39. The van der Waals surface area contributed by atoms with E-state index in [0.717, 1.165) is 11.0 Å². The molecule has 7 N–H and O–H groups in total. The molecule has 6 heterocycles. The Kier molecular flexibility index (Phi) is 8.63. The quantitative estimate of drug-likeness (QED) is 0.0912. The minimum Gasteiger partial charge on any atom is -0.387 e. The maximum atomic E-state index is 15.1. The van der Waals surface area contributed by atoms with Gasteiger partial charge in [-0.3, -0.25) is 14.3 Å². The van der Waals surface area contributed by atoms with Crippen molar-refractivity contribution < 1.29 is 42.0 Å². The van der Waals surface area contributed by atoms with Crippen LogP contribution in [-0.2, 0) is 39.4 Å². The molecule has 0 aromatic carbocycles. The monoisotopic (exact) mass is 694 g/mol.